The molecule has 3 heterocycles. The van der Waals surface area contributed by atoms with E-state index in [2.05, 4.69) is 29.1 Å². The van der Waals surface area contributed by atoms with Crippen LogP contribution in [0.2, 0.25) is 0 Å². The maximum Gasteiger partial charge on any atom is 0.323 e. The molecule has 1 aromatic heterocycles. The van der Waals surface area contributed by atoms with Crippen molar-refractivity contribution in [2.45, 2.75) is 19.4 Å². The Kier molecular flexibility index (Phi) is 2.38. The summed E-state index contributed by atoms with van der Waals surface area (Å²) in [5, 5.41) is 3.38. The summed E-state index contributed by atoms with van der Waals surface area (Å²) in [6.45, 7) is 6.91. The third-order valence-corrected chi connectivity index (χ3v) is 4.43. The summed E-state index contributed by atoms with van der Waals surface area (Å²) in [6, 6.07) is 0. The van der Waals surface area contributed by atoms with Crippen LogP contribution in [-0.2, 0) is 0 Å². The lowest BCUT2D eigenvalue weighted by Gasteiger charge is -2.35. The summed E-state index contributed by atoms with van der Waals surface area (Å²) in [7, 11) is 0. The largest absolute Gasteiger partial charge is 0.332 e. The van der Waals surface area contributed by atoms with E-state index < -0.39 is 0 Å². The number of aromatic nitrogens is 2. The van der Waals surface area contributed by atoms with Gasteiger partial charge in [0.1, 0.15) is 5.69 Å². The predicted octanol–water partition coefficient (Wildman–Crippen LogP) is -0.227. The van der Waals surface area contributed by atoms with Gasteiger partial charge < -0.3 is 20.2 Å². The molecule has 0 spiro atoms. The van der Waals surface area contributed by atoms with Crippen molar-refractivity contribution in [3.63, 3.8) is 0 Å². The first-order valence-electron chi connectivity index (χ1n) is 6.30. The summed E-state index contributed by atoms with van der Waals surface area (Å²) in [4.78, 5) is 30.4. The molecule has 2 unspecified atom stereocenters. The number of aromatic amines is 2. The molecule has 1 aromatic rings. The minimum absolute atomic E-state index is 0.0900. The lowest BCUT2D eigenvalue weighted by Crippen LogP contribution is -2.47. The standard InChI is InChI=1S/C12H18N4O2/c1-12(2)8-4-13-3-7(8)6-16(12)10(17)9-5-14-11(18)15-9/h5,7-8,13H,3-4,6H2,1-2H3,(H2,14,15,18). The van der Waals surface area contributed by atoms with Gasteiger partial charge in [-0.3, -0.25) is 4.79 Å². The molecule has 0 radical (unpaired) electrons. The Morgan fingerprint density at radius 1 is 1.44 bits per heavy atom. The van der Waals surface area contributed by atoms with Crippen LogP contribution in [0.4, 0.5) is 0 Å². The maximum atomic E-state index is 12.4. The molecule has 2 aliphatic rings. The summed E-state index contributed by atoms with van der Waals surface area (Å²) in [5.41, 5.74) is -0.155. The first kappa shape index (κ1) is 11.5. The van der Waals surface area contributed by atoms with Crippen LogP contribution < -0.4 is 11.0 Å². The number of rotatable bonds is 1. The van der Waals surface area contributed by atoms with E-state index in [1.165, 1.54) is 6.20 Å². The number of fused-ring (bicyclic) bond motifs is 1. The Bertz CT molecular complexity index is 530. The molecule has 0 saturated carbocycles. The molecule has 18 heavy (non-hydrogen) atoms. The molecule has 3 rings (SSSR count). The monoisotopic (exact) mass is 250 g/mol. The van der Waals surface area contributed by atoms with Crippen molar-refractivity contribution in [3.05, 3.63) is 22.4 Å². The van der Waals surface area contributed by atoms with Crippen molar-refractivity contribution in [1.82, 2.24) is 20.2 Å². The van der Waals surface area contributed by atoms with Gasteiger partial charge in [0.2, 0.25) is 0 Å². The topological polar surface area (TPSA) is 81.0 Å². The maximum absolute atomic E-state index is 12.4. The third-order valence-electron chi connectivity index (χ3n) is 4.43. The van der Waals surface area contributed by atoms with Crippen molar-refractivity contribution in [2.24, 2.45) is 11.8 Å². The highest BCUT2D eigenvalue weighted by molar-refractivity contribution is 5.92. The molecule has 6 heteroatoms. The quantitative estimate of drug-likeness (QED) is 0.644. The van der Waals surface area contributed by atoms with Crippen LogP contribution in [-0.4, -0.2) is 45.9 Å². The Morgan fingerprint density at radius 2 is 2.22 bits per heavy atom. The molecular formula is C12H18N4O2. The molecular weight excluding hydrogens is 232 g/mol. The van der Waals surface area contributed by atoms with Gasteiger partial charge in [0.05, 0.1) is 0 Å². The fourth-order valence-corrected chi connectivity index (χ4v) is 3.36. The average molecular weight is 250 g/mol. The van der Waals surface area contributed by atoms with Gasteiger partial charge in [-0.15, -0.1) is 0 Å². The van der Waals surface area contributed by atoms with Crippen LogP contribution in [0.5, 0.6) is 0 Å². The Morgan fingerprint density at radius 3 is 2.83 bits per heavy atom. The summed E-state index contributed by atoms with van der Waals surface area (Å²) in [6.07, 6.45) is 1.45. The van der Waals surface area contributed by atoms with Gasteiger partial charge in [-0.1, -0.05) is 0 Å². The zero-order valence-electron chi connectivity index (χ0n) is 10.6. The van der Waals surface area contributed by atoms with E-state index in [0.717, 1.165) is 19.6 Å². The normalized spacial score (nSPS) is 29.6. The molecule has 1 amide bonds. The second-order valence-corrected chi connectivity index (χ2v) is 5.75. The minimum Gasteiger partial charge on any atom is -0.332 e. The van der Waals surface area contributed by atoms with E-state index in [1.807, 2.05) is 4.90 Å². The lowest BCUT2D eigenvalue weighted by molar-refractivity contribution is 0.0597. The van der Waals surface area contributed by atoms with E-state index in [0.29, 0.717) is 17.5 Å². The second kappa shape index (κ2) is 3.71. The van der Waals surface area contributed by atoms with Gasteiger partial charge in [-0.25, -0.2) is 4.79 Å². The van der Waals surface area contributed by atoms with E-state index >= 15 is 0 Å². The molecule has 2 saturated heterocycles. The molecule has 2 atom stereocenters. The molecule has 98 valence electrons. The molecule has 6 nitrogen and oxygen atoms in total. The molecule has 0 aliphatic carbocycles. The summed E-state index contributed by atoms with van der Waals surface area (Å²) >= 11 is 0. The zero-order valence-corrected chi connectivity index (χ0v) is 10.6. The number of hydrogen-bond donors (Lipinski definition) is 3. The van der Waals surface area contributed by atoms with E-state index in [9.17, 15) is 9.59 Å². The van der Waals surface area contributed by atoms with Gasteiger partial charge in [0.25, 0.3) is 5.91 Å². The van der Waals surface area contributed by atoms with Crippen molar-refractivity contribution in [2.75, 3.05) is 19.6 Å². The van der Waals surface area contributed by atoms with Gasteiger partial charge >= 0.3 is 5.69 Å². The van der Waals surface area contributed by atoms with Crippen LogP contribution in [0.1, 0.15) is 24.3 Å². The van der Waals surface area contributed by atoms with Crippen molar-refractivity contribution >= 4 is 5.91 Å². The number of amides is 1. The van der Waals surface area contributed by atoms with Gasteiger partial charge in [0, 0.05) is 31.4 Å². The molecule has 0 aromatic carbocycles. The van der Waals surface area contributed by atoms with E-state index in [4.69, 9.17) is 0 Å². The number of nitrogens with zero attached hydrogens (tertiary/aromatic N) is 1. The van der Waals surface area contributed by atoms with Crippen molar-refractivity contribution in [3.8, 4) is 0 Å². The van der Waals surface area contributed by atoms with Crippen LogP contribution in [0, 0.1) is 11.8 Å². The highest BCUT2D eigenvalue weighted by Gasteiger charge is 2.51. The number of imidazole rings is 1. The minimum atomic E-state index is -0.336. The first-order chi connectivity index (χ1) is 8.50. The zero-order chi connectivity index (χ0) is 12.9. The molecule has 2 aliphatic heterocycles. The average Bonchev–Trinajstić information content (AvgIpc) is 2.96. The Balaban J connectivity index is 1.89. The number of likely N-dealkylation sites (tertiary alicyclic amines) is 1. The lowest BCUT2D eigenvalue weighted by atomic mass is 9.85. The smallest absolute Gasteiger partial charge is 0.323 e. The van der Waals surface area contributed by atoms with Crippen LogP contribution in [0.25, 0.3) is 0 Å². The molecule has 0 bridgehead atoms. The summed E-state index contributed by atoms with van der Waals surface area (Å²) < 4.78 is 0. The Hall–Kier alpha value is -1.56. The summed E-state index contributed by atoms with van der Waals surface area (Å²) in [5.74, 6) is 0.925. The fourth-order valence-electron chi connectivity index (χ4n) is 3.36. The van der Waals surface area contributed by atoms with E-state index in [-0.39, 0.29) is 17.1 Å². The number of H-pyrrole nitrogens is 2. The van der Waals surface area contributed by atoms with Gasteiger partial charge in [0.15, 0.2) is 0 Å². The number of carbonyl (C=O) groups excluding carboxylic acids is 1. The fraction of sp³-hybridized carbons (Fsp3) is 0.667. The molecule has 2 fully saturated rings. The van der Waals surface area contributed by atoms with Crippen LogP contribution in [0.3, 0.4) is 0 Å². The molecule has 3 N–H and O–H groups in total. The van der Waals surface area contributed by atoms with Crippen molar-refractivity contribution in [1.29, 1.82) is 0 Å². The highest BCUT2D eigenvalue weighted by atomic mass is 16.2. The number of nitrogens with one attached hydrogen (secondary N) is 3. The first-order valence-corrected chi connectivity index (χ1v) is 6.30. The third kappa shape index (κ3) is 1.52. The van der Waals surface area contributed by atoms with Crippen molar-refractivity contribution < 1.29 is 4.79 Å². The van der Waals surface area contributed by atoms with Crippen LogP contribution >= 0.6 is 0 Å². The van der Waals surface area contributed by atoms with Crippen LogP contribution in [0.15, 0.2) is 11.0 Å². The Labute approximate surface area is 105 Å². The van der Waals surface area contributed by atoms with Gasteiger partial charge in [-0.05, 0) is 25.7 Å². The van der Waals surface area contributed by atoms with Gasteiger partial charge in [-0.2, -0.15) is 0 Å². The number of hydrogen-bond acceptors (Lipinski definition) is 3. The second-order valence-electron chi connectivity index (χ2n) is 5.75. The predicted molar refractivity (Wildman–Crippen MR) is 66.4 cm³/mol. The van der Waals surface area contributed by atoms with E-state index in [1.54, 1.807) is 0 Å². The highest BCUT2D eigenvalue weighted by Crippen LogP contribution is 2.40. The SMILES string of the molecule is CC1(C)C2CNCC2CN1C(=O)c1c[nH]c(=O)[nH]1. The number of carbonyl (C=O) groups is 1.